The first-order valence-electron chi connectivity index (χ1n) is 9.27. The van der Waals surface area contributed by atoms with E-state index in [-0.39, 0.29) is 11.9 Å². The van der Waals surface area contributed by atoms with Gasteiger partial charge >= 0.3 is 0 Å². The molecule has 1 saturated heterocycles. The first-order valence-corrected chi connectivity index (χ1v) is 9.27. The van der Waals surface area contributed by atoms with Crippen molar-refractivity contribution in [1.82, 2.24) is 15.4 Å². The summed E-state index contributed by atoms with van der Waals surface area (Å²) in [6, 6.07) is 20.4. The molecule has 0 aliphatic carbocycles. The van der Waals surface area contributed by atoms with Gasteiger partial charge in [0.1, 0.15) is 5.69 Å². The van der Waals surface area contributed by atoms with E-state index in [9.17, 15) is 4.79 Å². The van der Waals surface area contributed by atoms with Crippen molar-refractivity contribution in [2.45, 2.75) is 25.9 Å². The third-order valence-electron chi connectivity index (χ3n) is 4.99. The predicted molar refractivity (Wildman–Crippen MR) is 104 cm³/mol. The topological polar surface area (TPSA) is 58.4 Å². The zero-order valence-corrected chi connectivity index (χ0v) is 15.4. The van der Waals surface area contributed by atoms with E-state index in [0.29, 0.717) is 19.5 Å². The molecule has 0 spiro atoms. The molecule has 4 rings (SSSR count). The number of carbonyl (C=O) groups is 1. The fraction of sp³-hybridized carbons (Fsp3) is 0.273. The average molecular weight is 361 g/mol. The summed E-state index contributed by atoms with van der Waals surface area (Å²) in [6.07, 6.45) is 0.447. The van der Waals surface area contributed by atoms with Crippen LogP contribution >= 0.6 is 0 Å². The molecule has 2 heterocycles. The van der Waals surface area contributed by atoms with Gasteiger partial charge in [-0.3, -0.25) is 9.69 Å². The van der Waals surface area contributed by atoms with Crippen molar-refractivity contribution in [2.24, 2.45) is 0 Å². The lowest BCUT2D eigenvalue weighted by Gasteiger charge is -2.28. The summed E-state index contributed by atoms with van der Waals surface area (Å²) in [6.45, 7) is 4.09. The Labute approximate surface area is 159 Å². The molecule has 138 valence electrons. The summed E-state index contributed by atoms with van der Waals surface area (Å²) >= 11 is 0. The molecule has 1 aromatic heterocycles. The van der Waals surface area contributed by atoms with Gasteiger partial charge in [0, 0.05) is 37.2 Å². The van der Waals surface area contributed by atoms with Gasteiger partial charge in [-0.15, -0.1) is 0 Å². The van der Waals surface area contributed by atoms with Crippen LogP contribution in [0.2, 0.25) is 0 Å². The van der Waals surface area contributed by atoms with Crippen molar-refractivity contribution in [1.29, 1.82) is 0 Å². The van der Waals surface area contributed by atoms with Crippen molar-refractivity contribution in [3.63, 3.8) is 0 Å². The Morgan fingerprint density at radius 2 is 1.93 bits per heavy atom. The van der Waals surface area contributed by atoms with Crippen LogP contribution in [0.25, 0.3) is 11.3 Å². The summed E-state index contributed by atoms with van der Waals surface area (Å²) in [4.78, 5) is 14.4. The van der Waals surface area contributed by atoms with Crippen molar-refractivity contribution < 1.29 is 9.32 Å². The molecule has 1 N–H and O–H groups in total. The van der Waals surface area contributed by atoms with Gasteiger partial charge in [0.05, 0.1) is 6.54 Å². The number of rotatable bonds is 4. The highest BCUT2D eigenvalue weighted by Gasteiger charge is 2.27. The SMILES string of the molecule is Cc1ccc(-c2cc(CN3CCNC(=O)CC3c3ccccc3)on2)cc1. The summed E-state index contributed by atoms with van der Waals surface area (Å²) in [7, 11) is 0. The second-order valence-corrected chi connectivity index (χ2v) is 7.00. The van der Waals surface area contributed by atoms with Crippen LogP contribution in [0.3, 0.4) is 0 Å². The molecule has 0 saturated carbocycles. The summed E-state index contributed by atoms with van der Waals surface area (Å²) in [5.74, 6) is 0.894. The number of hydrogen-bond acceptors (Lipinski definition) is 4. The Morgan fingerprint density at radius 1 is 1.15 bits per heavy atom. The molecular formula is C22H23N3O2. The lowest BCUT2D eigenvalue weighted by atomic mass is 10.0. The standard InChI is InChI=1S/C22H23N3O2/c1-16-7-9-17(10-8-16)20-13-19(27-24-20)15-25-12-11-23-22(26)14-21(25)18-5-3-2-4-6-18/h2-10,13,21H,11-12,14-15H2,1H3,(H,23,26). The molecule has 27 heavy (non-hydrogen) atoms. The number of nitrogens with one attached hydrogen (secondary N) is 1. The van der Waals surface area contributed by atoms with E-state index >= 15 is 0 Å². The maximum absolute atomic E-state index is 12.1. The highest BCUT2D eigenvalue weighted by Crippen LogP contribution is 2.28. The molecule has 5 nitrogen and oxygen atoms in total. The molecule has 5 heteroatoms. The molecule has 1 aliphatic heterocycles. The van der Waals surface area contributed by atoms with Crippen molar-refractivity contribution >= 4 is 5.91 Å². The molecule has 1 amide bonds. The maximum Gasteiger partial charge on any atom is 0.221 e. The Kier molecular flexibility index (Phi) is 5.03. The third-order valence-corrected chi connectivity index (χ3v) is 4.99. The first-order chi connectivity index (χ1) is 13.2. The summed E-state index contributed by atoms with van der Waals surface area (Å²) in [5, 5.41) is 7.20. The van der Waals surface area contributed by atoms with E-state index in [1.54, 1.807) is 0 Å². The monoisotopic (exact) mass is 361 g/mol. The molecule has 1 atom stereocenters. The predicted octanol–water partition coefficient (Wildman–Crippen LogP) is 3.71. The second-order valence-electron chi connectivity index (χ2n) is 7.00. The van der Waals surface area contributed by atoms with Crippen molar-refractivity contribution in [2.75, 3.05) is 13.1 Å². The van der Waals surface area contributed by atoms with Crippen LogP contribution in [0.15, 0.2) is 65.2 Å². The lowest BCUT2D eigenvalue weighted by Crippen LogP contribution is -2.30. The number of aromatic nitrogens is 1. The second kappa shape index (κ2) is 7.76. The van der Waals surface area contributed by atoms with Crippen LogP contribution in [-0.4, -0.2) is 29.1 Å². The molecule has 1 fully saturated rings. The Bertz CT molecular complexity index is 903. The van der Waals surface area contributed by atoms with Crippen molar-refractivity contribution in [3.05, 3.63) is 77.6 Å². The van der Waals surface area contributed by atoms with Gasteiger partial charge in [0.15, 0.2) is 5.76 Å². The van der Waals surface area contributed by atoms with E-state index in [0.717, 1.165) is 29.1 Å². The smallest absolute Gasteiger partial charge is 0.221 e. The third kappa shape index (κ3) is 4.09. The van der Waals surface area contributed by atoms with Gasteiger partial charge in [-0.1, -0.05) is 65.3 Å². The van der Waals surface area contributed by atoms with Gasteiger partial charge in [0.25, 0.3) is 0 Å². The van der Waals surface area contributed by atoms with Gasteiger partial charge < -0.3 is 9.84 Å². The lowest BCUT2D eigenvalue weighted by molar-refractivity contribution is -0.121. The van der Waals surface area contributed by atoms with Crippen LogP contribution in [0.5, 0.6) is 0 Å². The zero-order chi connectivity index (χ0) is 18.6. The minimum absolute atomic E-state index is 0.0293. The molecule has 0 radical (unpaired) electrons. The molecule has 1 unspecified atom stereocenters. The minimum Gasteiger partial charge on any atom is -0.359 e. The van der Waals surface area contributed by atoms with E-state index in [4.69, 9.17) is 4.52 Å². The maximum atomic E-state index is 12.1. The Balaban J connectivity index is 1.56. The molecular weight excluding hydrogens is 338 g/mol. The number of hydrogen-bond donors (Lipinski definition) is 1. The number of amides is 1. The number of benzene rings is 2. The summed E-state index contributed by atoms with van der Waals surface area (Å²) < 4.78 is 5.61. The van der Waals surface area contributed by atoms with Crippen molar-refractivity contribution in [3.8, 4) is 11.3 Å². The number of aryl methyl sites for hydroxylation is 1. The zero-order valence-electron chi connectivity index (χ0n) is 15.4. The van der Waals surface area contributed by atoms with Crippen LogP contribution < -0.4 is 5.32 Å². The van der Waals surface area contributed by atoms with Gasteiger partial charge in [-0.05, 0) is 12.5 Å². The number of carbonyl (C=O) groups excluding carboxylic acids is 1. The summed E-state index contributed by atoms with van der Waals surface area (Å²) in [5.41, 5.74) is 4.25. The number of nitrogens with zero attached hydrogens (tertiary/aromatic N) is 2. The normalized spacial score (nSPS) is 18.1. The van der Waals surface area contributed by atoms with Crippen LogP contribution in [-0.2, 0) is 11.3 Å². The van der Waals surface area contributed by atoms with E-state index in [1.165, 1.54) is 5.56 Å². The van der Waals surface area contributed by atoms with Crippen LogP contribution in [0.1, 0.15) is 29.3 Å². The van der Waals surface area contributed by atoms with Gasteiger partial charge in [0.2, 0.25) is 5.91 Å². The highest BCUT2D eigenvalue weighted by atomic mass is 16.5. The quantitative estimate of drug-likeness (QED) is 0.770. The van der Waals surface area contributed by atoms with Gasteiger partial charge in [-0.2, -0.15) is 0 Å². The Hall–Kier alpha value is -2.92. The Morgan fingerprint density at radius 3 is 2.70 bits per heavy atom. The van der Waals surface area contributed by atoms with Crippen LogP contribution in [0.4, 0.5) is 0 Å². The molecule has 3 aromatic rings. The molecule has 2 aromatic carbocycles. The van der Waals surface area contributed by atoms with Crippen LogP contribution in [0, 0.1) is 6.92 Å². The van der Waals surface area contributed by atoms with Gasteiger partial charge in [-0.25, -0.2) is 0 Å². The van der Waals surface area contributed by atoms with E-state index < -0.39 is 0 Å². The van der Waals surface area contributed by atoms with E-state index in [2.05, 4.69) is 58.7 Å². The highest BCUT2D eigenvalue weighted by molar-refractivity contribution is 5.77. The molecule has 0 bridgehead atoms. The molecule has 1 aliphatic rings. The van der Waals surface area contributed by atoms with E-state index in [1.807, 2.05) is 24.3 Å². The fourth-order valence-electron chi connectivity index (χ4n) is 3.51. The first kappa shape index (κ1) is 17.5. The minimum atomic E-state index is 0.0293. The average Bonchev–Trinajstić information content (AvgIpc) is 3.07. The largest absolute Gasteiger partial charge is 0.359 e. The fourth-order valence-corrected chi connectivity index (χ4v) is 3.51.